The van der Waals surface area contributed by atoms with Gasteiger partial charge in [-0.15, -0.1) is 0 Å². The zero-order chi connectivity index (χ0) is 15.8. The number of ether oxygens (including phenoxy) is 1. The maximum absolute atomic E-state index is 11.9. The molecule has 21 heavy (non-hydrogen) atoms. The highest BCUT2D eigenvalue weighted by Gasteiger charge is 2.27. The van der Waals surface area contributed by atoms with E-state index in [-0.39, 0.29) is 11.3 Å². The lowest BCUT2D eigenvalue weighted by Gasteiger charge is -2.07. The summed E-state index contributed by atoms with van der Waals surface area (Å²) in [4.78, 5) is 23.5. The first-order valence-electron chi connectivity index (χ1n) is 6.04. The molecule has 0 spiro atoms. The molecule has 0 aliphatic carbocycles. The second-order valence-corrected chi connectivity index (χ2v) is 4.64. The number of nitrogens with zero attached hydrogens (tertiary/aromatic N) is 2. The molecule has 5 nitrogen and oxygen atoms in total. The Hall–Kier alpha value is -2.09. The molecule has 1 aromatic carbocycles. The number of imidazole rings is 1. The Balaban J connectivity index is 2.21. The Morgan fingerprint density at radius 2 is 1.81 bits per heavy atom. The van der Waals surface area contributed by atoms with Crippen LogP contribution in [0.25, 0.3) is 11.0 Å². The van der Waals surface area contributed by atoms with Crippen molar-refractivity contribution >= 4 is 16.8 Å². The van der Waals surface area contributed by atoms with Gasteiger partial charge in [0.15, 0.2) is 5.78 Å². The number of halogens is 3. The first kappa shape index (κ1) is 15.3. The summed E-state index contributed by atoms with van der Waals surface area (Å²) in [6.07, 6.45) is -4.46. The lowest BCUT2D eigenvalue weighted by Crippen LogP contribution is -2.20. The fourth-order valence-corrected chi connectivity index (χ4v) is 2.02. The van der Waals surface area contributed by atoms with Gasteiger partial charge in [-0.25, -0.2) is 4.79 Å². The molecule has 0 aliphatic rings. The van der Waals surface area contributed by atoms with Crippen LogP contribution in [0.1, 0.15) is 10.4 Å². The first-order valence-corrected chi connectivity index (χ1v) is 6.04. The summed E-state index contributed by atoms with van der Waals surface area (Å²) in [7, 11) is 3.15. The molecule has 1 aromatic heterocycles. The highest BCUT2D eigenvalue weighted by molar-refractivity contribution is 5.99. The van der Waals surface area contributed by atoms with Crippen LogP contribution in [-0.2, 0) is 18.8 Å². The molecule has 0 radical (unpaired) electrons. The molecule has 0 saturated heterocycles. The number of carbonyl (C=O) groups excluding carboxylic acids is 1. The second kappa shape index (κ2) is 5.36. The van der Waals surface area contributed by atoms with Gasteiger partial charge in [-0.05, 0) is 18.2 Å². The molecule has 0 amide bonds. The van der Waals surface area contributed by atoms with Gasteiger partial charge in [0, 0.05) is 19.7 Å². The van der Waals surface area contributed by atoms with Crippen molar-refractivity contribution in [3.63, 3.8) is 0 Å². The molecule has 8 heteroatoms. The highest BCUT2D eigenvalue weighted by atomic mass is 19.4. The number of hydrogen-bond acceptors (Lipinski definition) is 3. The Morgan fingerprint density at radius 1 is 1.19 bits per heavy atom. The maximum Gasteiger partial charge on any atom is 0.411 e. The van der Waals surface area contributed by atoms with Crippen LogP contribution >= 0.6 is 0 Å². The molecular formula is C13H13F3N2O3. The average molecular weight is 302 g/mol. The minimum Gasteiger partial charge on any atom is -0.364 e. The van der Waals surface area contributed by atoms with E-state index in [1.807, 2.05) is 0 Å². The molecular weight excluding hydrogens is 289 g/mol. The third-order valence-corrected chi connectivity index (χ3v) is 3.09. The van der Waals surface area contributed by atoms with Crippen molar-refractivity contribution < 1.29 is 22.7 Å². The minimum absolute atomic E-state index is 0.200. The van der Waals surface area contributed by atoms with Gasteiger partial charge in [-0.1, -0.05) is 0 Å². The number of rotatable bonds is 4. The molecule has 2 rings (SSSR count). The van der Waals surface area contributed by atoms with Crippen LogP contribution in [0.3, 0.4) is 0 Å². The van der Waals surface area contributed by atoms with Crippen molar-refractivity contribution in [1.29, 1.82) is 0 Å². The van der Waals surface area contributed by atoms with Gasteiger partial charge >= 0.3 is 11.9 Å². The SMILES string of the molecule is Cn1c(=O)n(C)c2cc(C(=O)COCC(F)(F)F)ccc21. The molecule has 0 fully saturated rings. The Labute approximate surface area is 117 Å². The van der Waals surface area contributed by atoms with Gasteiger partial charge in [0.25, 0.3) is 0 Å². The molecule has 0 unspecified atom stereocenters. The molecule has 114 valence electrons. The van der Waals surface area contributed by atoms with E-state index >= 15 is 0 Å². The van der Waals surface area contributed by atoms with E-state index in [0.717, 1.165) is 0 Å². The molecule has 0 aliphatic heterocycles. The van der Waals surface area contributed by atoms with Gasteiger partial charge in [-0.3, -0.25) is 13.9 Å². The average Bonchev–Trinajstić information content (AvgIpc) is 2.62. The lowest BCUT2D eigenvalue weighted by atomic mass is 10.1. The normalized spacial score (nSPS) is 12.0. The van der Waals surface area contributed by atoms with Crippen LogP contribution in [0, 0.1) is 0 Å². The van der Waals surface area contributed by atoms with E-state index in [1.165, 1.54) is 21.3 Å². The smallest absolute Gasteiger partial charge is 0.364 e. The number of carbonyl (C=O) groups is 1. The second-order valence-electron chi connectivity index (χ2n) is 4.64. The molecule has 2 aromatic rings. The number of Topliss-reactive ketones (excluding diaryl/α,β-unsaturated/α-hetero) is 1. The van der Waals surface area contributed by atoms with E-state index in [9.17, 15) is 22.8 Å². The van der Waals surface area contributed by atoms with Crippen molar-refractivity contribution in [2.75, 3.05) is 13.2 Å². The van der Waals surface area contributed by atoms with Crippen molar-refractivity contribution in [2.45, 2.75) is 6.18 Å². The Kier molecular flexibility index (Phi) is 3.91. The van der Waals surface area contributed by atoms with Crippen LogP contribution in [-0.4, -0.2) is 34.3 Å². The van der Waals surface area contributed by atoms with Crippen LogP contribution < -0.4 is 5.69 Å². The molecule has 0 atom stereocenters. The summed E-state index contributed by atoms with van der Waals surface area (Å²) in [5.41, 5.74) is 1.12. The topological polar surface area (TPSA) is 53.2 Å². The van der Waals surface area contributed by atoms with Gasteiger partial charge in [0.2, 0.25) is 0 Å². The van der Waals surface area contributed by atoms with Crippen LogP contribution in [0.4, 0.5) is 13.2 Å². The van der Waals surface area contributed by atoms with Crippen molar-refractivity contribution in [1.82, 2.24) is 9.13 Å². The van der Waals surface area contributed by atoms with Crippen LogP contribution in [0.5, 0.6) is 0 Å². The predicted molar refractivity (Wildman–Crippen MR) is 69.4 cm³/mol. The molecule has 0 saturated carbocycles. The molecule has 1 heterocycles. The zero-order valence-corrected chi connectivity index (χ0v) is 11.4. The number of alkyl halides is 3. The number of aromatic nitrogens is 2. The number of ketones is 1. The van der Waals surface area contributed by atoms with Gasteiger partial charge in [0.1, 0.15) is 13.2 Å². The zero-order valence-electron chi connectivity index (χ0n) is 11.4. The predicted octanol–water partition coefficient (Wildman–Crippen LogP) is 1.64. The number of benzene rings is 1. The largest absolute Gasteiger partial charge is 0.411 e. The molecule has 0 N–H and O–H groups in total. The lowest BCUT2D eigenvalue weighted by molar-refractivity contribution is -0.170. The number of fused-ring (bicyclic) bond motifs is 1. The van der Waals surface area contributed by atoms with E-state index in [4.69, 9.17) is 0 Å². The molecule has 0 bridgehead atoms. The summed E-state index contributed by atoms with van der Waals surface area (Å²) < 4.78 is 42.9. The maximum atomic E-state index is 11.9. The van der Waals surface area contributed by atoms with Crippen molar-refractivity contribution in [3.05, 3.63) is 34.2 Å². The van der Waals surface area contributed by atoms with E-state index in [1.54, 1.807) is 20.2 Å². The quantitative estimate of drug-likeness (QED) is 0.807. The third kappa shape index (κ3) is 3.15. The van der Waals surface area contributed by atoms with Gasteiger partial charge < -0.3 is 4.74 Å². The number of hydrogen-bond donors (Lipinski definition) is 0. The minimum atomic E-state index is -4.46. The summed E-state index contributed by atoms with van der Waals surface area (Å²) in [6.45, 7) is -2.13. The van der Waals surface area contributed by atoms with E-state index < -0.39 is 25.2 Å². The van der Waals surface area contributed by atoms with E-state index in [0.29, 0.717) is 11.0 Å². The van der Waals surface area contributed by atoms with Gasteiger partial charge in [-0.2, -0.15) is 13.2 Å². The van der Waals surface area contributed by atoms with E-state index in [2.05, 4.69) is 4.74 Å². The Bertz CT molecular complexity index is 743. The summed E-state index contributed by atoms with van der Waals surface area (Å²) in [5.74, 6) is -0.572. The summed E-state index contributed by atoms with van der Waals surface area (Å²) in [6, 6.07) is 4.50. The van der Waals surface area contributed by atoms with Crippen LogP contribution in [0.2, 0.25) is 0 Å². The standard InChI is InChI=1S/C13H13F3N2O3/c1-17-9-4-3-8(5-10(9)18(2)12(17)20)11(19)6-21-7-13(14,15)16/h3-5H,6-7H2,1-2H3. The number of aryl methyl sites for hydroxylation is 2. The third-order valence-electron chi connectivity index (χ3n) is 3.09. The summed E-state index contributed by atoms with van der Waals surface area (Å²) >= 11 is 0. The summed E-state index contributed by atoms with van der Waals surface area (Å²) in [5, 5.41) is 0. The van der Waals surface area contributed by atoms with Crippen molar-refractivity contribution in [2.24, 2.45) is 14.1 Å². The fraction of sp³-hybridized carbons (Fsp3) is 0.385. The Morgan fingerprint density at radius 3 is 2.43 bits per heavy atom. The first-order chi connectivity index (χ1) is 9.70. The fourth-order valence-electron chi connectivity index (χ4n) is 2.02. The van der Waals surface area contributed by atoms with Crippen molar-refractivity contribution in [3.8, 4) is 0 Å². The van der Waals surface area contributed by atoms with Gasteiger partial charge in [0.05, 0.1) is 11.0 Å². The van der Waals surface area contributed by atoms with Crippen LogP contribution in [0.15, 0.2) is 23.0 Å². The highest BCUT2D eigenvalue weighted by Crippen LogP contribution is 2.16. The monoisotopic (exact) mass is 302 g/mol.